The van der Waals surface area contributed by atoms with Gasteiger partial charge in [-0.1, -0.05) is 5.16 Å². The lowest BCUT2D eigenvalue weighted by molar-refractivity contribution is -0.131. The van der Waals surface area contributed by atoms with Gasteiger partial charge in [0.1, 0.15) is 11.6 Å². The Hall–Kier alpha value is -2.64. The van der Waals surface area contributed by atoms with Gasteiger partial charge in [-0.25, -0.2) is 4.98 Å². The molecule has 1 aliphatic heterocycles. The zero-order valence-corrected chi connectivity index (χ0v) is 16.8. The van der Waals surface area contributed by atoms with Gasteiger partial charge in [0, 0.05) is 64.0 Å². The van der Waals surface area contributed by atoms with Gasteiger partial charge in [0.15, 0.2) is 0 Å². The highest BCUT2D eigenvalue weighted by atomic mass is 16.5. The molecule has 2 aromatic rings. The van der Waals surface area contributed by atoms with Crippen molar-refractivity contribution in [2.45, 2.75) is 33.6 Å². The molecule has 1 fully saturated rings. The number of aryl methyl sites for hydroxylation is 3. The predicted molar refractivity (Wildman–Crippen MR) is 104 cm³/mol. The van der Waals surface area contributed by atoms with Crippen LogP contribution in [0.25, 0.3) is 0 Å². The third-order valence-corrected chi connectivity index (χ3v) is 4.97. The van der Waals surface area contributed by atoms with Crippen molar-refractivity contribution < 1.29 is 9.32 Å². The Labute approximate surface area is 160 Å². The van der Waals surface area contributed by atoms with Crippen molar-refractivity contribution in [2.24, 2.45) is 0 Å². The molecule has 3 rings (SSSR count). The molecular formula is C19H28N6O2. The van der Waals surface area contributed by atoms with Gasteiger partial charge >= 0.3 is 0 Å². The maximum absolute atomic E-state index is 12.6. The van der Waals surface area contributed by atoms with Crippen LogP contribution in [0.1, 0.15) is 29.1 Å². The monoisotopic (exact) mass is 372 g/mol. The summed E-state index contributed by atoms with van der Waals surface area (Å²) in [5.74, 6) is 2.61. The molecule has 0 aromatic carbocycles. The maximum Gasteiger partial charge on any atom is 0.227 e. The van der Waals surface area contributed by atoms with Gasteiger partial charge in [-0.2, -0.15) is 4.98 Å². The average molecular weight is 372 g/mol. The van der Waals surface area contributed by atoms with Gasteiger partial charge in [-0.15, -0.1) is 0 Å². The lowest BCUT2D eigenvalue weighted by Crippen LogP contribution is -2.49. The molecule has 0 radical (unpaired) electrons. The predicted octanol–water partition coefficient (Wildman–Crippen LogP) is 1.74. The zero-order valence-electron chi connectivity index (χ0n) is 16.8. The summed E-state index contributed by atoms with van der Waals surface area (Å²) in [5.41, 5.74) is 2.87. The van der Waals surface area contributed by atoms with E-state index < -0.39 is 0 Å². The summed E-state index contributed by atoms with van der Waals surface area (Å²) in [7, 11) is 3.95. The second kappa shape index (κ2) is 7.94. The van der Waals surface area contributed by atoms with E-state index in [-0.39, 0.29) is 5.91 Å². The second-order valence-corrected chi connectivity index (χ2v) is 7.23. The molecule has 0 spiro atoms. The number of piperazine rings is 1. The number of rotatable bonds is 5. The number of nitrogens with zero attached hydrogens (tertiary/aromatic N) is 6. The van der Waals surface area contributed by atoms with Crippen molar-refractivity contribution in [1.29, 1.82) is 0 Å². The molecule has 0 N–H and O–H groups in total. The number of aromatic nitrogens is 3. The zero-order chi connectivity index (χ0) is 19.6. The molecule has 1 aliphatic rings. The van der Waals surface area contributed by atoms with Gasteiger partial charge in [0.05, 0.1) is 5.69 Å². The summed E-state index contributed by atoms with van der Waals surface area (Å²) in [6, 6.07) is 1.97. The molecule has 0 aliphatic carbocycles. The van der Waals surface area contributed by atoms with Crippen molar-refractivity contribution in [3.8, 4) is 0 Å². The molecule has 1 amide bonds. The van der Waals surface area contributed by atoms with Crippen LogP contribution < -0.4 is 9.80 Å². The van der Waals surface area contributed by atoms with Crippen molar-refractivity contribution in [2.75, 3.05) is 50.1 Å². The summed E-state index contributed by atoms with van der Waals surface area (Å²) in [6.45, 7) is 8.65. The quantitative estimate of drug-likeness (QED) is 0.791. The van der Waals surface area contributed by atoms with Gasteiger partial charge in [0.25, 0.3) is 0 Å². The molecule has 27 heavy (non-hydrogen) atoms. The SMILES string of the molecule is Cc1cc(N(C)C)nc(N2CCN(C(=O)CCc3c(C)noc3C)CC2)n1. The van der Waals surface area contributed by atoms with Gasteiger partial charge in [-0.05, 0) is 27.2 Å². The molecule has 3 heterocycles. The van der Waals surface area contributed by atoms with Crippen molar-refractivity contribution in [3.63, 3.8) is 0 Å². The number of carbonyl (C=O) groups is 1. The van der Waals surface area contributed by atoms with Crippen LogP contribution in [0.4, 0.5) is 11.8 Å². The summed E-state index contributed by atoms with van der Waals surface area (Å²) >= 11 is 0. The third-order valence-electron chi connectivity index (χ3n) is 4.97. The summed E-state index contributed by atoms with van der Waals surface area (Å²) < 4.78 is 5.17. The van der Waals surface area contributed by atoms with E-state index in [1.165, 1.54) is 0 Å². The minimum atomic E-state index is 0.175. The van der Waals surface area contributed by atoms with E-state index in [4.69, 9.17) is 4.52 Å². The Kier molecular flexibility index (Phi) is 5.62. The second-order valence-electron chi connectivity index (χ2n) is 7.23. The summed E-state index contributed by atoms with van der Waals surface area (Å²) in [6.07, 6.45) is 1.15. The van der Waals surface area contributed by atoms with Crippen LogP contribution in [0.3, 0.4) is 0 Å². The first-order valence-electron chi connectivity index (χ1n) is 9.32. The lowest BCUT2D eigenvalue weighted by atomic mass is 10.1. The molecule has 146 valence electrons. The Bertz CT molecular complexity index is 789. The highest BCUT2D eigenvalue weighted by Gasteiger charge is 2.23. The number of carbonyl (C=O) groups excluding carboxylic acids is 1. The number of hydrogen-bond acceptors (Lipinski definition) is 7. The molecule has 1 saturated heterocycles. The molecule has 2 aromatic heterocycles. The molecule has 0 bridgehead atoms. The fraction of sp³-hybridized carbons (Fsp3) is 0.579. The van der Waals surface area contributed by atoms with E-state index in [9.17, 15) is 4.79 Å². The Balaban J connectivity index is 1.56. The van der Waals surface area contributed by atoms with Gasteiger partial charge in [-0.3, -0.25) is 4.79 Å². The topological polar surface area (TPSA) is 78.6 Å². The van der Waals surface area contributed by atoms with E-state index in [1.54, 1.807) is 0 Å². The van der Waals surface area contributed by atoms with Crippen LogP contribution in [-0.4, -0.2) is 66.2 Å². The Morgan fingerprint density at radius 2 is 1.85 bits per heavy atom. The van der Waals surface area contributed by atoms with Crippen LogP contribution in [0.5, 0.6) is 0 Å². The van der Waals surface area contributed by atoms with Gasteiger partial charge < -0.3 is 19.2 Å². The fourth-order valence-corrected chi connectivity index (χ4v) is 3.31. The molecule has 8 nitrogen and oxygen atoms in total. The minimum absolute atomic E-state index is 0.175. The van der Waals surface area contributed by atoms with E-state index in [0.29, 0.717) is 25.9 Å². The summed E-state index contributed by atoms with van der Waals surface area (Å²) in [4.78, 5) is 27.8. The van der Waals surface area contributed by atoms with Crippen LogP contribution in [-0.2, 0) is 11.2 Å². The highest BCUT2D eigenvalue weighted by Crippen LogP contribution is 2.18. The van der Waals surface area contributed by atoms with Crippen LogP contribution >= 0.6 is 0 Å². The summed E-state index contributed by atoms with van der Waals surface area (Å²) in [5, 5.41) is 3.95. The van der Waals surface area contributed by atoms with E-state index in [2.05, 4.69) is 20.0 Å². The Morgan fingerprint density at radius 3 is 2.44 bits per heavy atom. The highest BCUT2D eigenvalue weighted by molar-refractivity contribution is 5.76. The largest absolute Gasteiger partial charge is 0.363 e. The fourth-order valence-electron chi connectivity index (χ4n) is 3.31. The molecular weight excluding hydrogens is 344 g/mol. The molecule has 8 heteroatoms. The minimum Gasteiger partial charge on any atom is -0.363 e. The van der Waals surface area contributed by atoms with E-state index in [0.717, 1.165) is 47.6 Å². The van der Waals surface area contributed by atoms with E-state index in [1.807, 2.05) is 50.7 Å². The molecule has 0 atom stereocenters. The van der Waals surface area contributed by atoms with Crippen molar-refractivity contribution >= 4 is 17.7 Å². The van der Waals surface area contributed by atoms with Crippen LogP contribution in [0.15, 0.2) is 10.6 Å². The smallest absolute Gasteiger partial charge is 0.227 e. The standard InChI is InChI=1S/C19H28N6O2/c1-13-12-17(23(4)5)21-19(20-13)25-10-8-24(9-11-25)18(26)7-6-16-14(2)22-27-15(16)3/h12H,6-11H2,1-5H3. The number of amides is 1. The average Bonchev–Trinajstić information content (AvgIpc) is 2.97. The van der Waals surface area contributed by atoms with Crippen LogP contribution in [0, 0.1) is 20.8 Å². The normalized spacial score (nSPS) is 14.6. The Morgan fingerprint density at radius 1 is 1.15 bits per heavy atom. The lowest BCUT2D eigenvalue weighted by Gasteiger charge is -2.35. The third kappa shape index (κ3) is 4.37. The molecule has 0 saturated carbocycles. The first-order chi connectivity index (χ1) is 12.8. The van der Waals surface area contributed by atoms with Gasteiger partial charge in [0.2, 0.25) is 11.9 Å². The van der Waals surface area contributed by atoms with Crippen molar-refractivity contribution in [3.05, 3.63) is 28.8 Å². The van der Waals surface area contributed by atoms with E-state index >= 15 is 0 Å². The number of hydrogen-bond donors (Lipinski definition) is 0. The molecule has 0 unspecified atom stereocenters. The van der Waals surface area contributed by atoms with Crippen molar-refractivity contribution in [1.82, 2.24) is 20.0 Å². The first kappa shape index (κ1) is 19.1. The maximum atomic E-state index is 12.6. The van der Waals surface area contributed by atoms with Crippen LogP contribution in [0.2, 0.25) is 0 Å². The number of anilines is 2. The first-order valence-corrected chi connectivity index (χ1v) is 9.32.